The number of nitrogens with zero attached hydrogens (tertiary/aromatic N) is 2. The van der Waals surface area contributed by atoms with Crippen molar-refractivity contribution >= 4 is 44.4 Å². The molecule has 6 N–H and O–H groups in total. The second-order valence-corrected chi connectivity index (χ2v) is 11.9. The van der Waals surface area contributed by atoms with Crippen LogP contribution in [0.1, 0.15) is 111 Å². The van der Waals surface area contributed by atoms with Crippen LogP contribution in [0, 0.1) is 13.8 Å². The van der Waals surface area contributed by atoms with Gasteiger partial charge in [-0.1, -0.05) is 13.8 Å². The van der Waals surface area contributed by atoms with Crippen LogP contribution in [-0.4, -0.2) is 33.0 Å². The van der Waals surface area contributed by atoms with Gasteiger partial charge in [0.25, 0.3) is 0 Å². The minimum atomic E-state index is 0.711. The minimum Gasteiger partial charge on any atom is -0.355 e. The molecule has 0 spiro atoms. The molecule has 0 radical (unpaired) electrons. The summed E-state index contributed by atoms with van der Waals surface area (Å²) in [5, 5.41) is 0. The van der Waals surface area contributed by atoms with Crippen LogP contribution < -0.4 is 11.5 Å². The summed E-state index contributed by atoms with van der Waals surface area (Å²) in [5.74, 6) is 0. The molecule has 0 saturated heterocycles. The van der Waals surface area contributed by atoms with Crippen molar-refractivity contribution in [2.24, 2.45) is 11.5 Å². The molecule has 3 aromatic rings. The summed E-state index contributed by atoms with van der Waals surface area (Å²) in [7, 11) is 0. The Morgan fingerprint density at radius 3 is 1.62 bits per heavy atom. The lowest BCUT2D eigenvalue weighted by Crippen LogP contribution is -1.99. The number of hydrogen-bond donors (Lipinski definition) is 4. The van der Waals surface area contributed by atoms with Crippen molar-refractivity contribution in [2.45, 2.75) is 92.9 Å². The highest BCUT2D eigenvalue weighted by Gasteiger charge is 2.20. The number of nitrogens with one attached hydrogen (secondary N) is 2. The summed E-state index contributed by atoms with van der Waals surface area (Å²) in [6.07, 6.45) is 7.99. The molecule has 8 bridgehead atoms. The van der Waals surface area contributed by atoms with Gasteiger partial charge in [0, 0.05) is 22.1 Å². The van der Waals surface area contributed by atoms with Gasteiger partial charge in [-0.15, -0.1) is 0 Å². The molecule has 6 heteroatoms. The van der Waals surface area contributed by atoms with E-state index in [0.717, 1.165) is 96.2 Å². The van der Waals surface area contributed by atoms with E-state index in [9.17, 15) is 0 Å². The number of nitrogens with two attached hydrogens (primary N) is 2. The van der Waals surface area contributed by atoms with Crippen LogP contribution in [0.2, 0.25) is 0 Å². The summed E-state index contributed by atoms with van der Waals surface area (Å²) >= 11 is 0. The zero-order valence-corrected chi connectivity index (χ0v) is 26.4. The monoisotopic (exact) mass is 564 g/mol. The fourth-order valence-corrected chi connectivity index (χ4v) is 6.65. The molecule has 5 rings (SSSR count). The Morgan fingerprint density at radius 2 is 1.02 bits per heavy atom. The van der Waals surface area contributed by atoms with E-state index in [4.69, 9.17) is 21.4 Å². The maximum absolute atomic E-state index is 5.88. The van der Waals surface area contributed by atoms with E-state index < -0.39 is 0 Å². The Kier molecular flexibility index (Phi) is 9.14. The summed E-state index contributed by atoms with van der Waals surface area (Å²) in [5.41, 5.74) is 30.9. The topological polar surface area (TPSA) is 109 Å². The fraction of sp³-hybridized carbons (Fsp3) is 0.444. The Hall–Kier alpha value is -3.48. The summed E-state index contributed by atoms with van der Waals surface area (Å²) in [4.78, 5) is 18.0. The lowest BCUT2D eigenvalue weighted by molar-refractivity contribution is 0.746. The van der Waals surface area contributed by atoms with Crippen molar-refractivity contribution in [3.05, 3.63) is 69.3 Å². The average molecular weight is 565 g/mol. The number of allylic oxidation sites excluding steroid dienone is 4. The maximum atomic E-state index is 5.88. The highest BCUT2D eigenvalue weighted by atomic mass is 14.8. The van der Waals surface area contributed by atoms with Crippen LogP contribution >= 0.6 is 0 Å². The molecule has 2 aliphatic rings. The molecule has 0 unspecified atom stereocenters. The van der Waals surface area contributed by atoms with E-state index in [-0.39, 0.29) is 0 Å². The first-order chi connectivity index (χ1) is 20.3. The van der Waals surface area contributed by atoms with Gasteiger partial charge in [-0.2, -0.15) is 0 Å². The van der Waals surface area contributed by atoms with Gasteiger partial charge in [-0.3, -0.25) is 0 Å². The second kappa shape index (κ2) is 12.8. The molecule has 6 nitrogen and oxygen atoms in total. The first-order valence-corrected chi connectivity index (χ1v) is 15.8. The molecule has 42 heavy (non-hydrogen) atoms. The third-order valence-corrected chi connectivity index (χ3v) is 9.27. The van der Waals surface area contributed by atoms with Gasteiger partial charge < -0.3 is 21.4 Å². The largest absolute Gasteiger partial charge is 0.355 e. The van der Waals surface area contributed by atoms with Crippen molar-refractivity contribution in [3.63, 3.8) is 0 Å². The van der Waals surface area contributed by atoms with Gasteiger partial charge in [-0.05, 0) is 161 Å². The quantitative estimate of drug-likeness (QED) is 0.186. The van der Waals surface area contributed by atoms with Crippen LogP contribution in [-0.2, 0) is 12.8 Å². The molecule has 0 fully saturated rings. The molecular weight excluding hydrogens is 516 g/mol. The van der Waals surface area contributed by atoms with E-state index in [1.54, 1.807) is 0 Å². The van der Waals surface area contributed by atoms with Crippen LogP contribution in [0.3, 0.4) is 0 Å². The fourth-order valence-electron chi connectivity index (χ4n) is 6.65. The smallest absolute Gasteiger partial charge is 0.0693 e. The SMILES string of the molecule is CCC1=C(C)c2cc3[nH]c(cc4nc(cc5[nH]c(cc1n2)c(C)c5CCCCN)C(CCCCN)=C4C)c(C)c3CC. The Balaban J connectivity index is 1.89. The Morgan fingerprint density at radius 1 is 0.548 bits per heavy atom. The predicted molar refractivity (Wildman–Crippen MR) is 180 cm³/mol. The number of rotatable bonds is 10. The summed E-state index contributed by atoms with van der Waals surface area (Å²) < 4.78 is 0. The number of unbranched alkanes of at least 4 members (excludes halogenated alkanes) is 2. The highest BCUT2D eigenvalue weighted by Crippen LogP contribution is 2.37. The van der Waals surface area contributed by atoms with E-state index in [0.29, 0.717) is 13.1 Å². The van der Waals surface area contributed by atoms with Crippen molar-refractivity contribution in [1.82, 2.24) is 19.9 Å². The van der Waals surface area contributed by atoms with Crippen LogP contribution in [0.15, 0.2) is 24.3 Å². The standard InChI is InChI=1S/C36H48N6/c1-7-25-21(3)29-17-30-23(5)27(13-9-11-15-37)35(41-30)20-36-28(14-10-12-16-38)24(6)32(42-36)19-34-26(8-2)22(4)31(40-34)18-33(25)39-29/h17-20,39,42H,7-16,37-38H2,1-6H3. The third-order valence-electron chi connectivity index (χ3n) is 9.27. The number of fused-ring (bicyclic) bond motifs is 8. The summed E-state index contributed by atoms with van der Waals surface area (Å²) in [6, 6.07) is 9.02. The number of H-pyrrole nitrogens is 2. The lowest BCUT2D eigenvalue weighted by atomic mass is 9.99. The molecule has 0 atom stereocenters. The second-order valence-electron chi connectivity index (χ2n) is 11.9. The Bertz CT molecular complexity index is 1710. The molecule has 0 aliphatic carbocycles. The van der Waals surface area contributed by atoms with Gasteiger partial charge in [0.2, 0.25) is 0 Å². The van der Waals surface area contributed by atoms with Crippen LogP contribution in [0.5, 0.6) is 0 Å². The molecule has 3 aromatic heterocycles. The lowest BCUT2D eigenvalue weighted by Gasteiger charge is -2.05. The maximum Gasteiger partial charge on any atom is 0.0693 e. The average Bonchev–Trinajstić information content (AvgIpc) is 3.63. The molecule has 2 aliphatic heterocycles. The Labute approximate surface area is 250 Å². The molecular formula is C36H48N6. The summed E-state index contributed by atoms with van der Waals surface area (Å²) in [6.45, 7) is 14.8. The predicted octanol–water partition coefficient (Wildman–Crippen LogP) is 8.18. The van der Waals surface area contributed by atoms with Gasteiger partial charge in [0.1, 0.15) is 0 Å². The van der Waals surface area contributed by atoms with Gasteiger partial charge in [-0.25, -0.2) is 9.97 Å². The first-order valence-electron chi connectivity index (χ1n) is 15.8. The normalized spacial score (nSPS) is 13.5. The molecule has 0 saturated carbocycles. The number of aromatic amines is 2. The first kappa shape index (κ1) is 30.0. The van der Waals surface area contributed by atoms with Crippen molar-refractivity contribution in [1.29, 1.82) is 0 Å². The van der Waals surface area contributed by atoms with E-state index >= 15 is 0 Å². The van der Waals surface area contributed by atoms with Gasteiger partial charge in [0.15, 0.2) is 0 Å². The molecule has 0 aromatic carbocycles. The van der Waals surface area contributed by atoms with Gasteiger partial charge in [0.05, 0.1) is 22.8 Å². The highest BCUT2D eigenvalue weighted by molar-refractivity contribution is 5.94. The third kappa shape index (κ3) is 5.62. The number of hydrogen-bond acceptors (Lipinski definition) is 4. The van der Waals surface area contributed by atoms with E-state index in [2.05, 4.69) is 75.8 Å². The molecule has 0 amide bonds. The van der Waals surface area contributed by atoms with Crippen molar-refractivity contribution < 1.29 is 0 Å². The van der Waals surface area contributed by atoms with E-state index in [1.165, 1.54) is 44.5 Å². The molecule has 222 valence electrons. The molecule has 5 heterocycles. The van der Waals surface area contributed by atoms with Gasteiger partial charge >= 0.3 is 0 Å². The zero-order valence-electron chi connectivity index (χ0n) is 26.4. The van der Waals surface area contributed by atoms with Crippen molar-refractivity contribution in [2.75, 3.05) is 13.1 Å². The van der Waals surface area contributed by atoms with Crippen LogP contribution in [0.4, 0.5) is 0 Å². The number of aryl methyl sites for hydroxylation is 4. The zero-order chi connectivity index (χ0) is 30.0. The van der Waals surface area contributed by atoms with Crippen LogP contribution in [0.25, 0.3) is 44.4 Å². The minimum absolute atomic E-state index is 0.711. The van der Waals surface area contributed by atoms with Crippen molar-refractivity contribution in [3.8, 4) is 0 Å². The van der Waals surface area contributed by atoms with E-state index in [1.807, 2.05) is 0 Å². The number of aromatic nitrogens is 4.